The Morgan fingerprint density at radius 2 is 1.74 bits per heavy atom. The highest BCUT2D eigenvalue weighted by Crippen LogP contribution is 2.27. The van der Waals surface area contributed by atoms with Gasteiger partial charge in [0.05, 0.1) is 4.90 Å². The molecule has 0 amide bonds. The van der Waals surface area contributed by atoms with Crippen LogP contribution in [0.15, 0.2) is 17.0 Å². The summed E-state index contributed by atoms with van der Waals surface area (Å²) >= 11 is 11.8. The lowest BCUT2D eigenvalue weighted by molar-refractivity contribution is 0.577. The van der Waals surface area contributed by atoms with Crippen LogP contribution in [0.2, 0.25) is 10.0 Å². The summed E-state index contributed by atoms with van der Waals surface area (Å²) in [5, 5.41) is 0.676. The molecule has 0 aliphatic rings. The van der Waals surface area contributed by atoms with E-state index in [2.05, 4.69) is 4.72 Å². The van der Waals surface area contributed by atoms with Gasteiger partial charge in [-0.3, -0.25) is 0 Å². The van der Waals surface area contributed by atoms with Crippen LogP contribution in [0.25, 0.3) is 0 Å². The van der Waals surface area contributed by atoms with Crippen molar-refractivity contribution in [3.8, 4) is 0 Å². The van der Waals surface area contributed by atoms with Crippen molar-refractivity contribution in [2.24, 2.45) is 5.73 Å². The molecule has 0 bridgehead atoms. The second-order valence-corrected chi connectivity index (χ2v) is 6.49. The second-order valence-electron chi connectivity index (χ2n) is 3.91. The molecule has 0 aliphatic heterocycles. The lowest BCUT2D eigenvalue weighted by Gasteiger charge is -2.09. The number of halogens is 3. The molecule has 0 saturated carbocycles. The summed E-state index contributed by atoms with van der Waals surface area (Å²) < 4.78 is 26.4. The standard InChI is InChI=1S/C11H16Cl2N2O2S.ClH/c1-8-10(12)6-9(7-11(8)13)18(16,17)15-5-3-2-4-14;/h6-7,15H,2-5,14H2,1H3;1H. The minimum Gasteiger partial charge on any atom is -0.330 e. The molecule has 110 valence electrons. The Morgan fingerprint density at radius 1 is 1.21 bits per heavy atom. The minimum atomic E-state index is -3.56. The highest BCUT2D eigenvalue weighted by molar-refractivity contribution is 7.89. The Kier molecular flexibility index (Phi) is 8.27. The molecular formula is C11H17Cl3N2O2S. The number of hydrogen-bond acceptors (Lipinski definition) is 3. The SMILES string of the molecule is Cc1c(Cl)cc(S(=O)(=O)NCCCCN)cc1Cl.Cl. The summed E-state index contributed by atoms with van der Waals surface area (Å²) in [6, 6.07) is 2.79. The van der Waals surface area contributed by atoms with E-state index in [1.807, 2.05) is 0 Å². The molecule has 0 aromatic heterocycles. The fraction of sp³-hybridized carbons (Fsp3) is 0.455. The van der Waals surface area contributed by atoms with E-state index in [0.717, 1.165) is 6.42 Å². The van der Waals surface area contributed by atoms with Crippen LogP contribution in [0.1, 0.15) is 18.4 Å². The van der Waals surface area contributed by atoms with Gasteiger partial charge >= 0.3 is 0 Å². The van der Waals surface area contributed by atoms with Crippen molar-refractivity contribution in [3.63, 3.8) is 0 Å². The van der Waals surface area contributed by atoms with Crippen molar-refractivity contribution >= 4 is 45.6 Å². The lowest BCUT2D eigenvalue weighted by atomic mass is 10.2. The smallest absolute Gasteiger partial charge is 0.240 e. The van der Waals surface area contributed by atoms with Crippen molar-refractivity contribution in [3.05, 3.63) is 27.7 Å². The topological polar surface area (TPSA) is 72.2 Å². The van der Waals surface area contributed by atoms with Crippen molar-refractivity contribution in [2.45, 2.75) is 24.7 Å². The Hall–Kier alpha value is -0.0400. The maximum Gasteiger partial charge on any atom is 0.240 e. The molecule has 0 heterocycles. The van der Waals surface area contributed by atoms with Gasteiger partial charge in [0, 0.05) is 16.6 Å². The van der Waals surface area contributed by atoms with Gasteiger partial charge < -0.3 is 5.73 Å². The summed E-state index contributed by atoms with van der Waals surface area (Å²) in [5.74, 6) is 0. The molecule has 0 unspecified atom stereocenters. The third kappa shape index (κ3) is 5.45. The Labute approximate surface area is 130 Å². The first-order valence-electron chi connectivity index (χ1n) is 5.54. The largest absolute Gasteiger partial charge is 0.330 e. The number of unbranched alkanes of at least 4 members (excludes halogenated alkanes) is 1. The Balaban J connectivity index is 0.00000324. The molecule has 0 radical (unpaired) electrons. The predicted octanol–water partition coefficient (Wildman–Crippen LogP) is 2.74. The van der Waals surface area contributed by atoms with Gasteiger partial charge in [-0.25, -0.2) is 13.1 Å². The van der Waals surface area contributed by atoms with Crippen LogP contribution < -0.4 is 10.5 Å². The van der Waals surface area contributed by atoms with Crippen molar-refractivity contribution in [1.29, 1.82) is 0 Å². The molecule has 4 nitrogen and oxygen atoms in total. The van der Waals surface area contributed by atoms with Crippen LogP contribution in [0, 0.1) is 6.92 Å². The van der Waals surface area contributed by atoms with E-state index < -0.39 is 10.0 Å². The van der Waals surface area contributed by atoms with Gasteiger partial charge in [0.2, 0.25) is 10.0 Å². The molecule has 3 N–H and O–H groups in total. The van der Waals surface area contributed by atoms with Crippen LogP contribution in [0.5, 0.6) is 0 Å². The molecule has 8 heteroatoms. The highest BCUT2D eigenvalue weighted by atomic mass is 35.5. The van der Waals surface area contributed by atoms with E-state index in [-0.39, 0.29) is 17.3 Å². The number of nitrogens with one attached hydrogen (secondary N) is 1. The van der Waals surface area contributed by atoms with Crippen LogP contribution in [0.4, 0.5) is 0 Å². The number of rotatable bonds is 6. The third-order valence-corrected chi connectivity index (χ3v) is 4.71. The summed E-state index contributed by atoms with van der Waals surface area (Å²) in [4.78, 5) is 0.0795. The van der Waals surface area contributed by atoms with Gasteiger partial charge in [-0.15, -0.1) is 12.4 Å². The Bertz CT molecular complexity index is 498. The molecule has 1 rings (SSSR count). The number of hydrogen-bond donors (Lipinski definition) is 2. The zero-order valence-corrected chi connectivity index (χ0v) is 13.6. The maximum atomic E-state index is 12.0. The van der Waals surface area contributed by atoms with Crippen molar-refractivity contribution in [2.75, 3.05) is 13.1 Å². The van der Waals surface area contributed by atoms with E-state index in [4.69, 9.17) is 28.9 Å². The first-order valence-corrected chi connectivity index (χ1v) is 7.78. The number of nitrogens with two attached hydrogens (primary N) is 1. The number of sulfonamides is 1. The van der Waals surface area contributed by atoms with E-state index >= 15 is 0 Å². The van der Waals surface area contributed by atoms with Gasteiger partial charge in [0.15, 0.2) is 0 Å². The van der Waals surface area contributed by atoms with Crippen molar-refractivity contribution < 1.29 is 8.42 Å². The molecule has 19 heavy (non-hydrogen) atoms. The average molecular weight is 348 g/mol. The molecule has 1 aromatic rings. The van der Waals surface area contributed by atoms with Gasteiger partial charge in [-0.1, -0.05) is 23.2 Å². The monoisotopic (exact) mass is 346 g/mol. The highest BCUT2D eigenvalue weighted by Gasteiger charge is 2.16. The second kappa shape index (κ2) is 8.29. The van der Waals surface area contributed by atoms with Crippen LogP contribution in [-0.4, -0.2) is 21.5 Å². The maximum absolute atomic E-state index is 12.0. The summed E-state index contributed by atoms with van der Waals surface area (Å²) in [7, 11) is -3.56. The zero-order chi connectivity index (χ0) is 13.8. The molecule has 1 aromatic carbocycles. The average Bonchev–Trinajstić information content (AvgIpc) is 2.31. The third-order valence-electron chi connectivity index (χ3n) is 2.49. The normalized spacial score (nSPS) is 11.2. The lowest BCUT2D eigenvalue weighted by Crippen LogP contribution is -2.25. The first-order chi connectivity index (χ1) is 8.38. The molecular weight excluding hydrogens is 331 g/mol. The van der Waals surface area contributed by atoms with Gasteiger partial charge in [-0.05, 0) is 44.0 Å². The fourth-order valence-corrected chi connectivity index (χ4v) is 3.08. The van der Waals surface area contributed by atoms with Gasteiger partial charge in [-0.2, -0.15) is 0 Å². The molecule has 0 saturated heterocycles. The van der Waals surface area contributed by atoms with E-state index in [9.17, 15) is 8.42 Å². The van der Waals surface area contributed by atoms with Gasteiger partial charge in [0.25, 0.3) is 0 Å². The fourth-order valence-electron chi connectivity index (χ4n) is 1.34. The molecule has 0 fully saturated rings. The zero-order valence-electron chi connectivity index (χ0n) is 10.4. The van der Waals surface area contributed by atoms with E-state index in [0.29, 0.717) is 35.1 Å². The molecule has 0 aliphatic carbocycles. The first kappa shape index (κ1) is 19.0. The quantitative estimate of drug-likeness (QED) is 0.777. The van der Waals surface area contributed by atoms with Crippen LogP contribution in [0.3, 0.4) is 0 Å². The Morgan fingerprint density at radius 3 is 2.21 bits per heavy atom. The van der Waals surface area contributed by atoms with E-state index in [1.165, 1.54) is 12.1 Å². The summed E-state index contributed by atoms with van der Waals surface area (Å²) in [5.41, 5.74) is 6.00. The summed E-state index contributed by atoms with van der Waals surface area (Å²) in [6.45, 7) is 2.63. The van der Waals surface area contributed by atoms with Crippen LogP contribution in [-0.2, 0) is 10.0 Å². The molecule has 0 spiro atoms. The van der Waals surface area contributed by atoms with Gasteiger partial charge in [0.1, 0.15) is 0 Å². The van der Waals surface area contributed by atoms with Crippen LogP contribution >= 0.6 is 35.6 Å². The number of benzene rings is 1. The summed E-state index contributed by atoms with van der Waals surface area (Å²) in [6.07, 6.45) is 1.47. The minimum absolute atomic E-state index is 0. The predicted molar refractivity (Wildman–Crippen MR) is 81.9 cm³/mol. The van der Waals surface area contributed by atoms with Crippen molar-refractivity contribution in [1.82, 2.24) is 4.72 Å². The van der Waals surface area contributed by atoms with E-state index in [1.54, 1.807) is 6.92 Å². The molecule has 0 atom stereocenters.